The number of aromatic nitrogens is 1. The van der Waals surface area contributed by atoms with Gasteiger partial charge in [0.25, 0.3) is 0 Å². The average Bonchev–Trinajstić information content (AvgIpc) is 2.48. The van der Waals surface area contributed by atoms with Gasteiger partial charge in [-0.1, -0.05) is 6.07 Å². The summed E-state index contributed by atoms with van der Waals surface area (Å²) in [6.45, 7) is 1.00. The minimum absolute atomic E-state index is 1.00. The van der Waals surface area contributed by atoms with E-state index < -0.39 is 0 Å². The predicted molar refractivity (Wildman–Crippen MR) is 54.8 cm³/mol. The van der Waals surface area contributed by atoms with E-state index in [9.17, 15) is 0 Å². The molecule has 0 unspecified atom stereocenters. The maximum atomic E-state index is 2.18. The number of pyridine rings is 1. The fourth-order valence-corrected chi connectivity index (χ4v) is 1.59. The molecular formula is C11H14N2. The third-order valence-corrected chi connectivity index (χ3v) is 2.14. The van der Waals surface area contributed by atoms with Crippen molar-refractivity contribution in [2.24, 2.45) is 0 Å². The predicted octanol–water partition coefficient (Wildman–Crippen LogP) is 2.00. The van der Waals surface area contributed by atoms with Gasteiger partial charge in [0, 0.05) is 24.5 Å². The Hall–Kier alpha value is -1.28. The maximum Gasteiger partial charge on any atom is 0.0494 e. The summed E-state index contributed by atoms with van der Waals surface area (Å²) in [5, 5.41) is 0. The molecule has 2 aromatic heterocycles. The van der Waals surface area contributed by atoms with Gasteiger partial charge < -0.3 is 9.30 Å². The molecule has 0 saturated carbocycles. The Morgan fingerprint density at radius 2 is 2.00 bits per heavy atom. The lowest BCUT2D eigenvalue weighted by Crippen LogP contribution is -2.10. The van der Waals surface area contributed by atoms with Gasteiger partial charge in [-0.15, -0.1) is 0 Å². The second kappa shape index (κ2) is 3.23. The van der Waals surface area contributed by atoms with Crippen molar-refractivity contribution in [3.05, 3.63) is 42.2 Å². The third kappa shape index (κ3) is 1.58. The Morgan fingerprint density at radius 1 is 1.15 bits per heavy atom. The Labute approximate surface area is 78.4 Å². The minimum atomic E-state index is 1.00. The van der Waals surface area contributed by atoms with E-state index in [-0.39, 0.29) is 0 Å². The number of hydrogen-bond acceptors (Lipinski definition) is 1. The number of nitrogens with zero attached hydrogens (tertiary/aromatic N) is 2. The van der Waals surface area contributed by atoms with Crippen LogP contribution in [0.5, 0.6) is 0 Å². The number of hydrogen-bond donors (Lipinski definition) is 0. The smallest absolute Gasteiger partial charge is 0.0494 e. The van der Waals surface area contributed by atoms with Gasteiger partial charge in [-0.3, -0.25) is 0 Å². The molecular weight excluding hydrogens is 160 g/mol. The monoisotopic (exact) mass is 174 g/mol. The molecule has 0 radical (unpaired) electrons. The van der Waals surface area contributed by atoms with Gasteiger partial charge in [-0.2, -0.15) is 0 Å². The van der Waals surface area contributed by atoms with E-state index in [4.69, 9.17) is 0 Å². The van der Waals surface area contributed by atoms with E-state index >= 15 is 0 Å². The molecule has 2 nitrogen and oxygen atoms in total. The Balaban J connectivity index is 2.46. The molecule has 0 aliphatic heterocycles. The standard InChI is InChI=1S/C11H14N2/c1-12(2)9-10-6-8-13-7-4-3-5-11(10)13/h3-8H,9H2,1-2H3. The summed E-state index contributed by atoms with van der Waals surface area (Å²) in [6, 6.07) is 8.45. The van der Waals surface area contributed by atoms with Crippen molar-refractivity contribution >= 4 is 5.52 Å². The molecule has 2 heteroatoms. The van der Waals surface area contributed by atoms with Gasteiger partial charge in [-0.05, 0) is 37.9 Å². The van der Waals surface area contributed by atoms with Gasteiger partial charge in [0.15, 0.2) is 0 Å². The van der Waals surface area contributed by atoms with Gasteiger partial charge in [0.2, 0.25) is 0 Å². The maximum absolute atomic E-state index is 2.18. The highest BCUT2D eigenvalue weighted by Crippen LogP contribution is 2.13. The molecule has 0 bridgehead atoms. The van der Waals surface area contributed by atoms with Crippen LogP contribution < -0.4 is 0 Å². The van der Waals surface area contributed by atoms with Gasteiger partial charge in [-0.25, -0.2) is 0 Å². The Morgan fingerprint density at radius 3 is 2.77 bits per heavy atom. The SMILES string of the molecule is CN(C)Cc1ccn2ccccc12. The lowest BCUT2D eigenvalue weighted by Gasteiger charge is -2.07. The Kier molecular flexibility index (Phi) is 2.07. The molecule has 68 valence electrons. The normalized spacial score (nSPS) is 11.3. The van der Waals surface area contributed by atoms with Crippen LogP contribution in [0.1, 0.15) is 5.56 Å². The summed E-state index contributed by atoms with van der Waals surface area (Å²) in [7, 11) is 4.18. The largest absolute Gasteiger partial charge is 0.324 e. The van der Waals surface area contributed by atoms with Gasteiger partial charge >= 0.3 is 0 Å². The van der Waals surface area contributed by atoms with Crippen LogP contribution >= 0.6 is 0 Å². The summed E-state index contributed by atoms with van der Waals surface area (Å²) in [6.07, 6.45) is 4.18. The van der Waals surface area contributed by atoms with Crippen molar-refractivity contribution in [2.45, 2.75) is 6.54 Å². The molecule has 0 aliphatic rings. The summed E-state index contributed by atoms with van der Waals surface area (Å²) >= 11 is 0. The molecule has 0 saturated heterocycles. The van der Waals surface area contributed by atoms with Gasteiger partial charge in [0.1, 0.15) is 0 Å². The van der Waals surface area contributed by atoms with E-state index in [1.807, 2.05) is 6.07 Å². The van der Waals surface area contributed by atoms with Crippen molar-refractivity contribution in [1.29, 1.82) is 0 Å². The van der Waals surface area contributed by atoms with Crippen molar-refractivity contribution in [3.63, 3.8) is 0 Å². The molecule has 0 atom stereocenters. The van der Waals surface area contributed by atoms with Crippen LogP contribution in [-0.2, 0) is 6.54 Å². The Bertz CT molecular complexity index is 401. The fourth-order valence-electron chi connectivity index (χ4n) is 1.59. The summed E-state index contributed by atoms with van der Waals surface area (Å²) in [5.41, 5.74) is 2.68. The molecule has 2 heterocycles. The molecule has 0 aliphatic carbocycles. The van der Waals surface area contributed by atoms with Crippen LogP contribution in [0, 0.1) is 0 Å². The lowest BCUT2D eigenvalue weighted by molar-refractivity contribution is 0.404. The first kappa shape index (κ1) is 8.32. The van der Waals surface area contributed by atoms with Crippen LogP contribution in [0.15, 0.2) is 36.7 Å². The zero-order valence-corrected chi connectivity index (χ0v) is 8.07. The highest BCUT2D eigenvalue weighted by atomic mass is 15.1. The van der Waals surface area contributed by atoms with Crippen molar-refractivity contribution < 1.29 is 0 Å². The molecule has 2 aromatic rings. The fraction of sp³-hybridized carbons (Fsp3) is 0.273. The summed E-state index contributed by atoms with van der Waals surface area (Å²) < 4.78 is 2.15. The van der Waals surface area contributed by atoms with Crippen LogP contribution in [-0.4, -0.2) is 23.4 Å². The molecule has 0 spiro atoms. The molecule has 0 fully saturated rings. The molecule has 0 amide bonds. The lowest BCUT2D eigenvalue weighted by atomic mass is 10.2. The highest BCUT2D eigenvalue weighted by molar-refractivity contribution is 5.55. The van der Waals surface area contributed by atoms with Crippen molar-refractivity contribution in [3.8, 4) is 0 Å². The second-order valence-corrected chi connectivity index (χ2v) is 3.57. The number of rotatable bonds is 2. The molecule has 0 aromatic carbocycles. The first-order valence-electron chi connectivity index (χ1n) is 4.46. The summed E-state index contributed by atoms with van der Waals surface area (Å²) in [5.74, 6) is 0. The van der Waals surface area contributed by atoms with Crippen LogP contribution in [0.4, 0.5) is 0 Å². The van der Waals surface area contributed by atoms with E-state index in [1.165, 1.54) is 11.1 Å². The first-order chi connectivity index (χ1) is 6.27. The number of fused-ring (bicyclic) bond motifs is 1. The zero-order valence-electron chi connectivity index (χ0n) is 8.07. The first-order valence-corrected chi connectivity index (χ1v) is 4.46. The quantitative estimate of drug-likeness (QED) is 0.675. The van der Waals surface area contributed by atoms with Gasteiger partial charge in [0.05, 0.1) is 0 Å². The zero-order chi connectivity index (χ0) is 9.26. The van der Waals surface area contributed by atoms with Crippen molar-refractivity contribution in [1.82, 2.24) is 9.30 Å². The molecule has 13 heavy (non-hydrogen) atoms. The second-order valence-electron chi connectivity index (χ2n) is 3.57. The molecule has 0 N–H and O–H groups in total. The molecule has 2 rings (SSSR count). The summed E-state index contributed by atoms with van der Waals surface area (Å²) in [4.78, 5) is 2.18. The average molecular weight is 174 g/mol. The van der Waals surface area contributed by atoms with Crippen LogP contribution in [0.3, 0.4) is 0 Å². The third-order valence-electron chi connectivity index (χ3n) is 2.14. The van der Waals surface area contributed by atoms with E-state index in [1.54, 1.807) is 0 Å². The van der Waals surface area contributed by atoms with E-state index in [2.05, 4.69) is 54.0 Å². The van der Waals surface area contributed by atoms with E-state index in [0.29, 0.717) is 0 Å². The van der Waals surface area contributed by atoms with Crippen LogP contribution in [0.25, 0.3) is 5.52 Å². The highest BCUT2D eigenvalue weighted by Gasteiger charge is 2.01. The van der Waals surface area contributed by atoms with Crippen LogP contribution in [0.2, 0.25) is 0 Å². The topological polar surface area (TPSA) is 7.65 Å². The van der Waals surface area contributed by atoms with E-state index in [0.717, 1.165) is 6.54 Å². The minimum Gasteiger partial charge on any atom is -0.324 e. The van der Waals surface area contributed by atoms with Crippen molar-refractivity contribution in [2.75, 3.05) is 14.1 Å².